The lowest BCUT2D eigenvalue weighted by Gasteiger charge is -2.11. The molecule has 0 aromatic rings. The highest BCUT2D eigenvalue weighted by Gasteiger charge is 2.20. The van der Waals surface area contributed by atoms with E-state index in [0.717, 1.165) is 10.5 Å². The number of thioether (sulfide) groups is 2. The Morgan fingerprint density at radius 2 is 1.33 bits per heavy atom. The van der Waals surface area contributed by atoms with Crippen LogP contribution in [-0.4, -0.2) is 22.0 Å². The van der Waals surface area contributed by atoms with E-state index in [1.807, 2.05) is 0 Å². The van der Waals surface area contributed by atoms with Crippen LogP contribution in [-0.2, 0) is 0 Å². The third-order valence-electron chi connectivity index (χ3n) is 2.86. The Morgan fingerprint density at radius 1 is 0.833 bits per heavy atom. The van der Waals surface area contributed by atoms with E-state index in [9.17, 15) is 0 Å². The first-order valence-corrected chi connectivity index (χ1v) is 7.28. The molecule has 2 aliphatic rings. The average molecular weight is 202 g/mol. The molecule has 0 bridgehead atoms. The van der Waals surface area contributed by atoms with E-state index < -0.39 is 0 Å². The maximum atomic E-state index is 2.22. The molecule has 12 heavy (non-hydrogen) atoms. The maximum absolute atomic E-state index is 2.22. The van der Waals surface area contributed by atoms with Crippen LogP contribution in [0.2, 0.25) is 0 Å². The van der Waals surface area contributed by atoms with Gasteiger partial charge in [0.1, 0.15) is 0 Å². The van der Waals surface area contributed by atoms with Crippen LogP contribution in [0, 0.1) is 0 Å². The fraction of sp³-hybridized carbons (Fsp3) is 1.00. The van der Waals surface area contributed by atoms with Crippen molar-refractivity contribution in [1.29, 1.82) is 0 Å². The van der Waals surface area contributed by atoms with Crippen molar-refractivity contribution in [2.24, 2.45) is 0 Å². The third-order valence-corrected chi connectivity index (χ3v) is 5.79. The summed E-state index contributed by atoms with van der Waals surface area (Å²) >= 11 is 4.43. The van der Waals surface area contributed by atoms with Crippen molar-refractivity contribution in [3.05, 3.63) is 0 Å². The SMILES string of the molecule is C1CSC(CCC2CCCS2)C1. The molecule has 2 atom stereocenters. The van der Waals surface area contributed by atoms with Gasteiger partial charge in [0.15, 0.2) is 0 Å². The Bertz CT molecular complexity index is 108. The first-order valence-electron chi connectivity index (χ1n) is 5.18. The normalized spacial score (nSPS) is 36.0. The van der Waals surface area contributed by atoms with E-state index in [1.165, 1.54) is 50.0 Å². The molecule has 0 saturated carbocycles. The van der Waals surface area contributed by atoms with Crippen LogP contribution in [0.15, 0.2) is 0 Å². The van der Waals surface area contributed by atoms with Crippen LogP contribution >= 0.6 is 23.5 Å². The second-order valence-electron chi connectivity index (χ2n) is 3.85. The lowest BCUT2D eigenvalue weighted by atomic mass is 10.1. The first-order chi connectivity index (χ1) is 5.95. The zero-order chi connectivity index (χ0) is 8.23. The molecule has 2 heterocycles. The average Bonchev–Trinajstić information content (AvgIpc) is 2.74. The van der Waals surface area contributed by atoms with Crippen LogP contribution in [0.4, 0.5) is 0 Å². The van der Waals surface area contributed by atoms with Gasteiger partial charge >= 0.3 is 0 Å². The molecule has 2 unspecified atom stereocenters. The van der Waals surface area contributed by atoms with Crippen molar-refractivity contribution in [3.63, 3.8) is 0 Å². The van der Waals surface area contributed by atoms with Gasteiger partial charge in [-0.1, -0.05) is 0 Å². The summed E-state index contributed by atoms with van der Waals surface area (Å²) in [5.41, 5.74) is 0. The molecule has 0 aromatic heterocycles. The summed E-state index contributed by atoms with van der Waals surface area (Å²) < 4.78 is 0. The van der Waals surface area contributed by atoms with Crippen LogP contribution in [0.5, 0.6) is 0 Å². The predicted molar refractivity (Wildman–Crippen MR) is 60.2 cm³/mol. The topological polar surface area (TPSA) is 0 Å². The van der Waals surface area contributed by atoms with E-state index in [2.05, 4.69) is 23.5 Å². The molecular formula is C10H18S2. The minimum atomic E-state index is 1.03. The molecule has 0 N–H and O–H groups in total. The Balaban J connectivity index is 1.60. The van der Waals surface area contributed by atoms with Crippen molar-refractivity contribution >= 4 is 23.5 Å². The molecular weight excluding hydrogens is 184 g/mol. The highest BCUT2D eigenvalue weighted by molar-refractivity contribution is 8.00. The monoisotopic (exact) mass is 202 g/mol. The molecule has 0 aromatic carbocycles. The standard InChI is InChI=1S/C10H18S2/c1-3-9(11-7-1)5-6-10-4-2-8-12-10/h9-10H,1-8H2. The molecule has 2 heteroatoms. The quantitative estimate of drug-likeness (QED) is 0.686. The van der Waals surface area contributed by atoms with Gasteiger partial charge in [0.2, 0.25) is 0 Å². The Hall–Kier alpha value is 0.700. The van der Waals surface area contributed by atoms with E-state index in [-0.39, 0.29) is 0 Å². The van der Waals surface area contributed by atoms with Crippen molar-refractivity contribution < 1.29 is 0 Å². The smallest absolute Gasteiger partial charge is 0.00477 e. The third kappa shape index (κ3) is 2.59. The Morgan fingerprint density at radius 3 is 1.67 bits per heavy atom. The minimum absolute atomic E-state index is 1.03. The molecule has 2 saturated heterocycles. The summed E-state index contributed by atoms with van der Waals surface area (Å²) in [6.07, 6.45) is 8.97. The fourth-order valence-electron chi connectivity index (χ4n) is 2.12. The molecule has 0 amide bonds. The van der Waals surface area contributed by atoms with E-state index in [1.54, 1.807) is 0 Å². The van der Waals surface area contributed by atoms with Crippen molar-refractivity contribution in [3.8, 4) is 0 Å². The fourth-order valence-corrected chi connectivity index (χ4v) is 4.72. The van der Waals surface area contributed by atoms with Crippen LogP contribution in [0.3, 0.4) is 0 Å². The number of hydrogen-bond acceptors (Lipinski definition) is 2. The summed E-state index contributed by atoms with van der Waals surface area (Å²) in [7, 11) is 0. The van der Waals surface area contributed by atoms with Gasteiger partial charge in [0, 0.05) is 10.5 Å². The molecule has 70 valence electrons. The van der Waals surface area contributed by atoms with Gasteiger partial charge in [-0.2, -0.15) is 23.5 Å². The van der Waals surface area contributed by atoms with Gasteiger partial charge in [-0.15, -0.1) is 0 Å². The van der Waals surface area contributed by atoms with Crippen LogP contribution < -0.4 is 0 Å². The van der Waals surface area contributed by atoms with Crippen LogP contribution in [0.25, 0.3) is 0 Å². The Kier molecular flexibility index (Phi) is 3.71. The number of rotatable bonds is 3. The Labute approximate surface area is 84.3 Å². The van der Waals surface area contributed by atoms with Crippen LogP contribution in [0.1, 0.15) is 38.5 Å². The predicted octanol–water partition coefficient (Wildman–Crippen LogP) is 3.56. The van der Waals surface area contributed by atoms with Crippen molar-refractivity contribution in [1.82, 2.24) is 0 Å². The molecule has 2 aliphatic heterocycles. The van der Waals surface area contributed by atoms with Gasteiger partial charge in [-0.05, 0) is 50.0 Å². The second-order valence-corrected chi connectivity index (χ2v) is 6.66. The van der Waals surface area contributed by atoms with Crippen molar-refractivity contribution in [2.75, 3.05) is 11.5 Å². The molecule has 0 nitrogen and oxygen atoms in total. The van der Waals surface area contributed by atoms with E-state index in [4.69, 9.17) is 0 Å². The molecule has 2 fully saturated rings. The first kappa shape index (κ1) is 9.26. The zero-order valence-electron chi connectivity index (χ0n) is 7.63. The van der Waals surface area contributed by atoms with E-state index >= 15 is 0 Å². The highest BCUT2D eigenvalue weighted by atomic mass is 32.2. The van der Waals surface area contributed by atoms with E-state index in [0.29, 0.717) is 0 Å². The lowest BCUT2D eigenvalue weighted by Crippen LogP contribution is -2.03. The summed E-state index contributed by atoms with van der Waals surface area (Å²) in [5.74, 6) is 2.87. The number of hydrogen-bond donors (Lipinski definition) is 0. The van der Waals surface area contributed by atoms with Gasteiger partial charge in [-0.3, -0.25) is 0 Å². The zero-order valence-corrected chi connectivity index (χ0v) is 9.26. The summed E-state index contributed by atoms with van der Waals surface area (Å²) in [4.78, 5) is 0. The largest absolute Gasteiger partial charge is 0.159 e. The van der Waals surface area contributed by atoms with Gasteiger partial charge in [-0.25, -0.2) is 0 Å². The van der Waals surface area contributed by atoms with Gasteiger partial charge in [0.25, 0.3) is 0 Å². The second kappa shape index (κ2) is 4.80. The molecule has 0 spiro atoms. The maximum Gasteiger partial charge on any atom is 0.00477 e. The summed E-state index contributed by atoms with van der Waals surface area (Å²) in [6, 6.07) is 0. The molecule has 0 radical (unpaired) electrons. The summed E-state index contributed by atoms with van der Waals surface area (Å²) in [5, 5.41) is 2.07. The minimum Gasteiger partial charge on any atom is -0.159 e. The van der Waals surface area contributed by atoms with Gasteiger partial charge < -0.3 is 0 Å². The van der Waals surface area contributed by atoms with Gasteiger partial charge in [0.05, 0.1) is 0 Å². The molecule has 0 aliphatic carbocycles. The lowest BCUT2D eigenvalue weighted by molar-refractivity contribution is 0.635. The summed E-state index contributed by atoms with van der Waals surface area (Å²) in [6.45, 7) is 0. The molecule has 2 rings (SSSR count). The van der Waals surface area contributed by atoms with Crippen molar-refractivity contribution in [2.45, 2.75) is 49.0 Å². The highest BCUT2D eigenvalue weighted by Crippen LogP contribution is 2.34.